The van der Waals surface area contributed by atoms with Crippen LogP contribution in [-0.2, 0) is 30.7 Å². The van der Waals surface area contributed by atoms with Crippen LogP contribution in [0.15, 0.2) is 36.9 Å². The maximum Gasteiger partial charge on any atom is 0.244 e. The lowest BCUT2D eigenvalue weighted by Gasteiger charge is -2.27. The topological polar surface area (TPSA) is 88.9 Å². The number of aromatic amines is 1. The normalized spacial score (nSPS) is 13.5. The van der Waals surface area contributed by atoms with E-state index in [2.05, 4.69) is 20.3 Å². The monoisotopic (exact) mass is 352 g/mol. The van der Waals surface area contributed by atoms with Gasteiger partial charge in [0, 0.05) is 37.2 Å². The number of rotatable bonds is 5. The van der Waals surface area contributed by atoms with E-state index in [0.29, 0.717) is 13.1 Å². The molecule has 1 aromatic carbocycles. The third-order valence-corrected chi connectivity index (χ3v) is 4.67. The van der Waals surface area contributed by atoms with Crippen molar-refractivity contribution in [3.05, 3.63) is 59.4 Å². The third kappa shape index (κ3) is 3.30. The molecule has 8 heteroatoms. The van der Waals surface area contributed by atoms with Crippen LogP contribution < -0.4 is 4.74 Å². The van der Waals surface area contributed by atoms with E-state index in [0.717, 1.165) is 41.1 Å². The van der Waals surface area contributed by atoms with Gasteiger partial charge in [-0.15, -0.1) is 0 Å². The molecule has 1 N–H and O–H groups in total. The summed E-state index contributed by atoms with van der Waals surface area (Å²) in [6, 6.07) is 7.97. The third-order valence-electron chi connectivity index (χ3n) is 4.67. The number of nitrogens with zero attached hydrogens (tertiary/aromatic N) is 5. The molecule has 0 saturated carbocycles. The van der Waals surface area contributed by atoms with Gasteiger partial charge in [0.1, 0.15) is 24.9 Å². The van der Waals surface area contributed by atoms with Crippen LogP contribution in [0.2, 0.25) is 0 Å². The molecule has 0 radical (unpaired) electrons. The lowest BCUT2D eigenvalue weighted by Crippen LogP contribution is -2.38. The molecule has 0 fully saturated rings. The smallest absolute Gasteiger partial charge is 0.244 e. The van der Waals surface area contributed by atoms with Gasteiger partial charge in [0.2, 0.25) is 5.91 Å². The highest BCUT2D eigenvalue weighted by Crippen LogP contribution is 2.23. The number of benzene rings is 1. The molecular weight excluding hydrogens is 332 g/mol. The zero-order valence-electron chi connectivity index (χ0n) is 14.6. The summed E-state index contributed by atoms with van der Waals surface area (Å²) in [5.41, 5.74) is 4.40. The SMILES string of the molecule is COc1ccc(Cc2n[nH]c3c2CN(C(=O)Cn2cncn2)CC3)cc1. The summed E-state index contributed by atoms with van der Waals surface area (Å²) in [5, 5.41) is 11.6. The molecule has 8 nitrogen and oxygen atoms in total. The zero-order valence-corrected chi connectivity index (χ0v) is 14.6. The van der Waals surface area contributed by atoms with Crippen LogP contribution in [0.5, 0.6) is 5.75 Å². The Morgan fingerprint density at radius 3 is 2.88 bits per heavy atom. The summed E-state index contributed by atoms with van der Waals surface area (Å²) >= 11 is 0. The fourth-order valence-electron chi connectivity index (χ4n) is 3.20. The van der Waals surface area contributed by atoms with Crippen LogP contribution in [0.4, 0.5) is 0 Å². The van der Waals surface area contributed by atoms with Gasteiger partial charge in [0.25, 0.3) is 0 Å². The average molecular weight is 352 g/mol. The van der Waals surface area contributed by atoms with E-state index < -0.39 is 0 Å². The van der Waals surface area contributed by atoms with E-state index in [-0.39, 0.29) is 12.5 Å². The Morgan fingerprint density at radius 1 is 1.31 bits per heavy atom. The number of H-pyrrole nitrogens is 1. The Balaban J connectivity index is 1.47. The van der Waals surface area contributed by atoms with Crippen molar-refractivity contribution in [2.75, 3.05) is 13.7 Å². The number of hydrogen-bond donors (Lipinski definition) is 1. The van der Waals surface area contributed by atoms with Crippen LogP contribution >= 0.6 is 0 Å². The number of aromatic nitrogens is 5. The Bertz CT molecular complexity index is 885. The van der Waals surface area contributed by atoms with Crippen molar-refractivity contribution >= 4 is 5.91 Å². The summed E-state index contributed by atoms with van der Waals surface area (Å²) in [4.78, 5) is 18.3. The van der Waals surface area contributed by atoms with Crippen molar-refractivity contribution in [2.24, 2.45) is 0 Å². The van der Waals surface area contributed by atoms with Crippen molar-refractivity contribution in [1.82, 2.24) is 29.9 Å². The van der Waals surface area contributed by atoms with E-state index in [1.54, 1.807) is 18.1 Å². The van der Waals surface area contributed by atoms with Gasteiger partial charge in [0.15, 0.2) is 0 Å². The second kappa shape index (κ2) is 6.99. The van der Waals surface area contributed by atoms with Crippen molar-refractivity contribution < 1.29 is 9.53 Å². The van der Waals surface area contributed by atoms with Gasteiger partial charge in [-0.2, -0.15) is 10.2 Å². The van der Waals surface area contributed by atoms with E-state index in [9.17, 15) is 4.79 Å². The molecule has 0 spiro atoms. The van der Waals surface area contributed by atoms with Crippen molar-refractivity contribution in [3.63, 3.8) is 0 Å². The van der Waals surface area contributed by atoms with Gasteiger partial charge in [-0.25, -0.2) is 9.67 Å². The largest absolute Gasteiger partial charge is 0.497 e. The number of carbonyl (C=O) groups excluding carboxylic acids is 1. The molecule has 1 aliphatic rings. The molecule has 1 amide bonds. The zero-order chi connectivity index (χ0) is 17.9. The molecule has 0 atom stereocenters. The van der Waals surface area contributed by atoms with Crippen LogP contribution in [0.25, 0.3) is 0 Å². The first kappa shape index (κ1) is 16.3. The molecule has 0 aliphatic carbocycles. The summed E-state index contributed by atoms with van der Waals surface area (Å²) in [6.07, 6.45) is 4.50. The Kier molecular flexibility index (Phi) is 4.39. The minimum Gasteiger partial charge on any atom is -0.497 e. The lowest BCUT2D eigenvalue weighted by molar-refractivity contribution is -0.133. The maximum absolute atomic E-state index is 12.5. The molecular formula is C18H20N6O2. The van der Waals surface area contributed by atoms with Crippen LogP contribution in [-0.4, -0.2) is 49.4 Å². The molecule has 3 heterocycles. The number of hydrogen-bond acceptors (Lipinski definition) is 5. The summed E-state index contributed by atoms with van der Waals surface area (Å²) in [5.74, 6) is 0.875. The maximum atomic E-state index is 12.5. The number of carbonyl (C=O) groups is 1. The second-order valence-corrected chi connectivity index (χ2v) is 6.31. The van der Waals surface area contributed by atoms with Crippen LogP contribution in [0.1, 0.15) is 22.5 Å². The number of nitrogens with one attached hydrogen (secondary N) is 1. The number of fused-ring (bicyclic) bond motifs is 1. The Hall–Kier alpha value is -3.16. The quantitative estimate of drug-likeness (QED) is 0.745. The molecule has 2 aromatic heterocycles. The molecule has 134 valence electrons. The first-order valence-electron chi connectivity index (χ1n) is 8.51. The molecule has 0 saturated heterocycles. The van der Waals surface area contributed by atoms with Gasteiger partial charge < -0.3 is 9.64 Å². The van der Waals surface area contributed by atoms with Gasteiger partial charge >= 0.3 is 0 Å². The molecule has 0 bridgehead atoms. The number of methoxy groups -OCH3 is 1. The fourth-order valence-corrected chi connectivity index (χ4v) is 3.20. The first-order valence-corrected chi connectivity index (χ1v) is 8.51. The van der Waals surface area contributed by atoms with E-state index >= 15 is 0 Å². The molecule has 26 heavy (non-hydrogen) atoms. The Labute approximate surface area is 150 Å². The Morgan fingerprint density at radius 2 is 2.15 bits per heavy atom. The molecule has 1 aliphatic heterocycles. The lowest BCUT2D eigenvalue weighted by atomic mass is 10.0. The second-order valence-electron chi connectivity index (χ2n) is 6.31. The predicted octanol–water partition coefficient (Wildman–Crippen LogP) is 1.19. The van der Waals surface area contributed by atoms with Gasteiger partial charge in [0.05, 0.1) is 12.8 Å². The fraction of sp³-hybridized carbons (Fsp3) is 0.333. The van der Waals surface area contributed by atoms with Crippen LogP contribution in [0.3, 0.4) is 0 Å². The minimum absolute atomic E-state index is 0.0396. The number of amides is 1. The van der Waals surface area contributed by atoms with E-state index in [1.807, 2.05) is 29.2 Å². The number of ether oxygens (including phenoxy) is 1. The van der Waals surface area contributed by atoms with E-state index in [4.69, 9.17) is 4.74 Å². The first-order chi connectivity index (χ1) is 12.7. The highest BCUT2D eigenvalue weighted by molar-refractivity contribution is 5.76. The summed E-state index contributed by atoms with van der Waals surface area (Å²) in [7, 11) is 1.66. The van der Waals surface area contributed by atoms with Gasteiger partial charge in [-0.1, -0.05) is 12.1 Å². The van der Waals surface area contributed by atoms with Crippen molar-refractivity contribution in [2.45, 2.75) is 25.9 Å². The summed E-state index contributed by atoms with van der Waals surface area (Å²) < 4.78 is 6.75. The molecule has 3 aromatic rings. The van der Waals surface area contributed by atoms with Crippen molar-refractivity contribution in [3.8, 4) is 5.75 Å². The van der Waals surface area contributed by atoms with Gasteiger partial charge in [-0.05, 0) is 17.7 Å². The molecule has 0 unspecified atom stereocenters. The predicted molar refractivity (Wildman–Crippen MR) is 93.5 cm³/mol. The van der Waals surface area contributed by atoms with E-state index in [1.165, 1.54) is 6.33 Å². The minimum atomic E-state index is 0.0396. The van der Waals surface area contributed by atoms with Gasteiger partial charge in [-0.3, -0.25) is 9.89 Å². The average Bonchev–Trinajstić information content (AvgIpc) is 3.32. The molecule has 4 rings (SSSR count). The summed E-state index contributed by atoms with van der Waals surface area (Å²) in [6.45, 7) is 1.47. The van der Waals surface area contributed by atoms with Crippen molar-refractivity contribution in [1.29, 1.82) is 0 Å². The highest BCUT2D eigenvalue weighted by atomic mass is 16.5. The highest BCUT2D eigenvalue weighted by Gasteiger charge is 2.25. The van der Waals surface area contributed by atoms with Crippen LogP contribution in [0, 0.1) is 0 Å². The standard InChI is InChI=1S/C18H20N6O2/c1-26-14-4-2-13(3-5-14)8-17-15-9-23(7-6-16(15)21-22-17)18(25)10-24-12-19-11-20-24/h2-5,11-12H,6-10H2,1H3,(H,21,22).